The van der Waals surface area contributed by atoms with Gasteiger partial charge in [-0.05, 0) is 13.8 Å². The van der Waals surface area contributed by atoms with Crippen molar-refractivity contribution in [1.29, 1.82) is 5.26 Å². The summed E-state index contributed by atoms with van der Waals surface area (Å²) in [4.78, 5) is 11.1. The van der Waals surface area contributed by atoms with E-state index in [2.05, 4.69) is 26.3 Å². The van der Waals surface area contributed by atoms with Crippen LogP contribution in [-0.2, 0) is 11.3 Å². The standard InChI is InChI=1S/C13H19N5O/c1-3-15-12-6-10(2)16-13(17-12)9-18-4-5-19-11(7-14)8-18/h6,11H,3-5,8-9H2,1-2H3,(H,15,16,17). The Morgan fingerprint density at radius 1 is 1.58 bits per heavy atom. The summed E-state index contributed by atoms with van der Waals surface area (Å²) in [6.07, 6.45) is -0.341. The first kappa shape index (κ1) is 13.7. The van der Waals surface area contributed by atoms with Crippen molar-refractivity contribution in [3.05, 3.63) is 17.6 Å². The van der Waals surface area contributed by atoms with Gasteiger partial charge >= 0.3 is 0 Å². The van der Waals surface area contributed by atoms with Gasteiger partial charge in [0.1, 0.15) is 11.6 Å². The molecule has 0 amide bonds. The first-order valence-corrected chi connectivity index (χ1v) is 6.53. The van der Waals surface area contributed by atoms with Crippen LogP contribution >= 0.6 is 0 Å². The first-order chi connectivity index (χ1) is 9.21. The predicted molar refractivity (Wildman–Crippen MR) is 71.6 cm³/mol. The minimum Gasteiger partial charge on any atom is -0.370 e. The Kier molecular flexibility index (Phi) is 4.66. The lowest BCUT2D eigenvalue weighted by Crippen LogP contribution is -2.41. The molecule has 6 nitrogen and oxygen atoms in total. The Labute approximate surface area is 113 Å². The molecule has 1 aromatic rings. The molecule has 0 bridgehead atoms. The molecule has 1 aliphatic rings. The molecule has 0 aromatic carbocycles. The van der Waals surface area contributed by atoms with Crippen LogP contribution in [0.5, 0.6) is 0 Å². The molecule has 1 unspecified atom stereocenters. The van der Waals surface area contributed by atoms with Crippen LogP contribution in [-0.4, -0.2) is 47.2 Å². The fourth-order valence-corrected chi connectivity index (χ4v) is 2.10. The van der Waals surface area contributed by atoms with Gasteiger partial charge in [0.25, 0.3) is 0 Å². The Hall–Kier alpha value is -1.71. The van der Waals surface area contributed by atoms with Gasteiger partial charge in [0.2, 0.25) is 0 Å². The molecular formula is C13H19N5O. The van der Waals surface area contributed by atoms with Gasteiger partial charge in [-0.1, -0.05) is 0 Å². The average Bonchev–Trinajstić information content (AvgIpc) is 2.38. The summed E-state index contributed by atoms with van der Waals surface area (Å²) in [6.45, 7) is 7.51. The molecule has 2 rings (SSSR count). The highest BCUT2D eigenvalue weighted by molar-refractivity contribution is 5.35. The van der Waals surface area contributed by atoms with Crippen molar-refractivity contribution in [3.8, 4) is 6.07 Å². The largest absolute Gasteiger partial charge is 0.370 e. The van der Waals surface area contributed by atoms with Gasteiger partial charge in [0.15, 0.2) is 6.10 Å². The van der Waals surface area contributed by atoms with Crippen LogP contribution in [0, 0.1) is 18.3 Å². The summed E-state index contributed by atoms with van der Waals surface area (Å²) in [5.41, 5.74) is 0.950. The maximum atomic E-state index is 8.89. The lowest BCUT2D eigenvalue weighted by molar-refractivity contribution is -0.00358. The van der Waals surface area contributed by atoms with Gasteiger partial charge in [-0.25, -0.2) is 9.97 Å². The average molecular weight is 261 g/mol. The monoisotopic (exact) mass is 261 g/mol. The Morgan fingerprint density at radius 2 is 2.42 bits per heavy atom. The quantitative estimate of drug-likeness (QED) is 0.869. The third-order valence-electron chi connectivity index (χ3n) is 2.92. The molecule has 0 radical (unpaired) electrons. The van der Waals surface area contributed by atoms with Gasteiger partial charge in [-0.3, -0.25) is 4.90 Å². The Bertz CT molecular complexity index is 471. The van der Waals surface area contributed by atoms with Crippen molar-refractivity contribution in [1.82, 2.24) is 14.9 Å². The molecule has 19 heavy (non-hydrogen) atoms. The summed E-state index contributed by atoms with van der Waals surface area (Å²) in [5, 5.41) is 12.1. The molecule has 1 aliphatic heterocycles. The molecule has 1 N–H and O–H groups in total. The fourth-order valence-electron chi connectivity index (χ4n) is 2.10. The molecule has 0 saturated carbocycles. The van der Waals surface area contributed by atoms with Gasteiger partial charge < -0.3 is 10.1 Å². The second-order valence-electron chi connectivity index (χ2n) is 4.56. The lowest BCUT2D eigenvalue weighted by Gasteiger charge is -2.29. The molecule has 0 aliphatic carbocycles. The molecular weight excluding hydrogens is 242 g/mol. The predicted octanol–water partition coefficient (Wildman–Crippen LogP) is 0.941. The summed E-state index contributed by atoms with van der Waals surface area (Å²) in [6, 6.07) is 4.08. The second kappa shape index (κ2) is 6.45. The summed E-state index contributed by atoms with van der Waals surface area (Å²) in [7, 11) is 0. The van der Waals surface area contributed by atoms with Crippen molar-refractivity contribution >= 4 is 5.82 Å². The van der Waals surface area contributed by atoms with Crippen molar-refractivity contribution in [2.24, 2.45) is 0 Å². The summed E-state index contributed by atoms with van der Waals surface area (Å²) in [5.74, 6) is 1.64. The number of rotatable bonds is 4. The molecule has 0 spiro atoms. The van der Waals surface area contributed by atoms with Gasteiger partial charge in [0, 0.05) is 31.4 Å². The lowest BCUT2D eigenvalue weighted by atomic mass is 10.3. The fraction of sp³-hybridized carbons (Fsp3) is 0.615. The van der Waals surface area contributed by atoms with Crippen LogP contribution in [0.3, 0.4) is 0 Å². The minimum absolute atomic E-state index is 0.341. The highest BCUT2D eigenvalue weighted by atomic mass is 16.5. The van der Waals surface area contributed by atoms with E-state index in [4.69, 9.17) is 10.00 Å². The number of nitrogens with zero attached hydrogens (tertiary/aromatic N) is 4. The SMILES string of the molecule is CCNc1cc(C)nc(CN2CCOC(C#N)C2)n1. The van der Waals surface area contributed by atoms with Crippen molar-refractivity contribution in [2.75, 3.05) is 31.6 Å². The third-order valence-corrected chi connectivity index (χ3v) is 2.92. The molecule has 1 saturated heterocycles. The number of hydrogen-bond donors (Lipinski definition) is 1. The number of morpholine rings is 1. The Morgan fingerprint density at radius 3 is 3.16 bits per heavy atom. The van der Waals surface area contributed by atoms with Crippen LogP contribution in [0.15, 0.2) is 6.07 Å². The summed E-state index contributed by atoms with van der Waals surface area (Å²) >= 11 is 0. The topological polar surface area (TPSA) is 74.1 Å². The number of aromatic nitrogens is 2. The zero-order valence-electron chi connectivity index (χ0n) is 11.4. The van der Waals surface area contributed by atoms with E-state index in [1.54, 1.807) is 0 Å². The van der Waals surface area contributed by atoms with E-state index in [0.29, 0.717) is 19.7 Å². The molecule has 2 heterocycles. The van der Waals surface area contributed by atoms with Gasteiger partial charge in [0.05, 0.1) is 19.2 Å². The third kappa shape index (κ3) is 3.88. The van der Waals surface area contributed by atoms with E-state index in [1.165, 1.54) is 0 Å². The van der Waals surface area contributed by atoms with E-state index < -0.39 is 0 Å². The van der Waals surface area contributed by atoms with E-state index in [0.717, 1.165) is 30.4 Å². The number of ether oxygens (including phenoxy) is 1. The normalized spacial score (nSPS) is 19.9. The molecule has 102 valence electrons. The maximum Gasteiger partial charge on any atom is 0.156 e. The number of nitrogens with one attached hydrogen (secondary N) is 1. The number of nitriles is 1. The van der Waals surface area contributed by atoms with E-state index in [9.17, 15) is 0 Å². The molecule has 1 fully saturated rings. The smallest absolute Gasteiger partial charge is 0.156 e. The maximum absolute atomic E-state index is 8.89. The van der Waals surface area contributed by atoms with E-state index >= 15 is 0 Å². The van der Waals surface area contributed by atoms with Crippen LogP contribution < -0.4 is 5.32 Å². The first-order valence-electron chi connectivity index (χ1n) is 6.53. The summed E-state index contributed by atoms with van der Waals surface area (Å²) < 4.78 is 5.33. The number of hydrogen-bond acceptors (Lipinski definition) is 6. The molecule has 1 atom stereocenters. The van der Waals surface area contributed by atoms with Crippen LogP contribution in [0.2, 0.25) is 0 Å². The van der Waals surface area contributed by atoms with Crippen molar-refractivity contribution in [2.45, 2.75) is 26.5 Å². The van der Waals surface area contributed by atoms with Crippen LogP contribution in [0.25, 0.3) is 0 Å². The van der Waals surface area contributed by atoms with Crippen molar-refractivity contribution in [3.63, 3.8) is 0 Å². The number of anilines is 1. The zero-order valence-corrected chi connectivity index (χ0v) is 11.4. The number of aryl methyl sites for hydroxylation is 1. The van der Waals surface area contributed by atoms with Gasteiger partial charge in [-0.2, -0.15) is 5.26 Å². The zero-order chi connectivity index (χ0) is 13.7. The van der Waals surface area contributed by atoms with E-state index in [1.807, 2.05) is 19.9 Å². The van der Waals surface area contributed by atoms with Crippen molar-refractivity contribution < 1.29 is 4.74 Å². The highest BCUT2D eigenvalue weighted by Gasteiger charge is 2.20. The van der Waals surface area contributed by atoms with Crippen LogP contribution in [0.4, 0.5) is 5.82 Å². The second-order valence-corrected chi connectivity index (χ2v) is 4.56. The van der Waals surface area contributed by atoms with E-state index in [-0.39, 0.29) is 6.10 Å². The van der Waals surface area contributed by atoms with Gasteiger partial charge in [-0.15, -0.1) is 0 Å². The highest BCUT2D eigenvalue weighted by Crippen LogP contribution is 2.11. The Balaban J connectivity index is 2.04. The minimum atomic E-state index is -0.341. The molecule has 6 heteroatoms. The molecule has 1 aromatic heterocycles. The van der Waals surface area contributed by atoms with Crippen LogP contribution in [0.1, 0.15) is 18.4 Å².